The molecule has 1 fully saturated rings. The van der Waals surface area contributed by atoms with Gasteiger partial charge in [-0.05, 0) is 18.1 Å². The Bertz CT molecular complexity index is 444. The number of hydrazine groups is 1. The van der Waals surface area contributed by atoms with Gasteiger partial charge in [0.15, 0.2) is 0 Å². The van der Waals surface area contributed by atoms with Crippen molar-refractivity contribution < 1.29 is 9.59 Å². The number of carbonyl (C=O) groups excluding carboxylic acids is 2. The van der Waals surface area contributed by atoms with Crippen molar-refractivity contribution in [1.29, 1.82) is 0 Å². The first kappa shape index (κ1) is 12.1. The Morgan fingerprint density at radius 3 is 3.00 bits per heavy atom. The number of nitrogens with zero attached hydrogens (tertiary/aromatic N) is 1. The van der Waals surface area contributed by atoms with Gasteiger partial charge in [0.05, 0.1) is 11.4 Å². The molecule has 17 heavy (non-hydrogen) atoms. The van der Waals surface area contributed by atoms with Gasteiger partial charge in [0.1, 0.15) is 0 Å². The lowest BCUT2D eigenvalue weighted by Gasteiger charge is -2.14. The molecule has 1 aliphatic rings. The molecule has 0 aromatic carbocycles. The molecule has 1 aromatic heterocycles. The third kappa shape index (κ3) is 2.65. The topological polar surface area (TPSA) is 75.4 Å². The van der Waals surface area contributed by atoms with E-state index in [4.69, 9.17) is 5.84 Å². The summed E-state index contributed by atoms with van der Waals surface area (Å²) in [4.78, 5) is 26.3. The van der Waals surface area contributed by atoms with Crippen molar-refractivity contribution in [2.45, 2.75) is 19.9 Å². The molecule has 1 aliphatic heterocycles. The van der Waals surface area contributed by atoms with Gasteiger partial charge in [-0.3, -0.25) is 15.0 Å². The fourth-order valence-electron chi connectivity index (χ4n) is 1.97. The summed E-state index contributed by atoms with van der Waals surface area (Å²) in [5.41, 5.74) is 2.09. The van der Waals surface area contributed by atoms with Crippen LogP contribution in [0.15, 0.2) is 12.1 Å². The molecule has 2 amide bonds. The van der Waals surface area contributed by atoms with Crippen LogP contribution in [0.1, 0.15) is 27.9 Å². The first-order valence-corrected chi connectivity index (χ1v) is 6.29. The molecule has 1 atom stereocenters. The fraction of sp³-hybridized carbons (Fsp3) is 0.455. The third-order valence-electron chi connectivity index (χ3n) is 2.77. The van der Waals surface area contributed by atoms with Gasteiger partial charge >= 0.3 is 0 Å². The molecule has 2 heterocycles. The lowest BCUT2D eigenvalue weighted by Crippen LogP contribution is -2.29. The summed E-state index contributed by atoms with van der Waals surface area (Å²) in [7, 11) is 0. The summed E-state index contributed by atoms with van der Waals surface area (Å²) in [5.74, 6) is 5.39. The lowest BCUT2D eigenvalue weighted by atomic mass is 10.2. The Balaban J connectivity index is 2.02. The smallest absolute Gasteiger partial charge is 0.275 e. The maximum Gasteiger partial charge on any atom is 0.275 e. The van der Waals surface area contributed by atoms with Gasteiger partial charge < -0.3 is 4.90 Å². The molecule has 1 aromatic rings. The van der Waals surface area contributed by atoms with E-state index >= 15 is 0 Å². The number of nitrogen functional groups attached to an aromatic ring is 1. The molecule has 3 N–H and O–H groups in total. The second-order valence-corrected chi connectivity index (χ2v) is 5.49. The zero-order chi connectivity index (χ0) is 12.4. The van der Waals surface area contributed by atoms with Crippen molar-refractivity contribution in [3.05, 3.63) is 21.9 Å². The van der Waals surface area contributed by atoms with Crippen LogP contribution in [0.25, 0.3) is 0 Å². The third-order valence-corrected chi connectivity index (χ3v) is 3.84. The van der Waals surface area contributed by atoms with Crippen molar-refractivity contribution in [3.8, 4) is 0 Å². The molecule has 0 spiro atoms. The SMILES string of the molecule is CC1CC(=O)N(Cc2ccc(C(=O)NN)s2)C1. The van der Waals surface area contributed by atoms with Gasteiger partial charge in [0, 0.05) is 17.8 Å². The Morgan fingerprint density at radius 2 is 2.41 bits per heavy atom. The highest BCUT2D eigenvalue weighted by Gasteiger charge is 2.26. The molecular formula is C11H15N3O2S. The molecule has 0 saturated carbocycles. The number of carbonyl (C=O) groups is 2. The van der Waals surface area contributed by atoms with Crippen LogP contribution in [0, 0.1) is 5.92 Å². The summed E-state index contributed by atoms with van der Waals surface area (Å²) in [5, 5.41) is 0. The summed E-state index contributed by atoms with van der Waals surface area (Å²) >= 11 is 1.37. The van der Waals surface area contributed by atoms with Crippen LogP contribution in [-0.4, -0.2) is 23.3 Å². The largest absolute Gasteiger partial charge is 0.337 e. The second kappa shape index (κ2) is 4.85. The van der Waals surface area contributed by atoms with E-state index in [1.54, 1.807) is 6.07 Å². The number of likely N-dealkylation sites (tertiary alicyclic amines) is 1. The number of nitrogens with two attached hydrogens (primary N) is 1. The van der Waals surface area contributed by atoms with Crippen molar-refractivity contribution >= 4 is 23.2 Å². The zero-order valence-corrected chi connectivity index (χ0v) is 10.4. The number of rotatable bonds is 3. The first-order chi connectivity index (χ1) is 8.10. The summed E-state index contributed by atoms with van der Waals surface area (Å²) in [6.07, 6.45) is 0.627. The minimum Gasteiger partial charge on any atom is -0.337 e. The van der Waals surface area contributed by atoms with E-state index in [9.17, 15) is 9.59 Å². The number of amides is 2. The number of nitrogens with one attached hydrogen (secondary N) is 1. The average Bonchev–Trinajstić information content (AvgIpc) is 2.86. The Hall–Kier alpha value is -1.40. The molecule has 0 radical (unpaired) electrons. The summed E-state index contributed by atoms with van der Waals surface area (Å²) in [6.45, 7) is 3.46. The van der Waals surface area contributed by atoms with Crippen LogP contribution < -0.4 is 11.3 Å². The normalized spacial score (nSPS) is 19.8. The highest BCUT2D eigenvalue weighted by atomic mass is 32.1. The van der Waals surface area contributed by atoms with E-state index < -0.39 is 0 Å². The Kier molecular flexibility index (Phi) is 3.44. The molecule has 92 valence electrons. The van der Waals surface area contributed by atoms with Gasteiger partial charge in [-0.1, -0.05) is 6.92 Å². The van der Waals surface area contributed by atoms with Crippen molar-refractivity contribution in [2.24, 2.45) is 11.8 Å². The van der Waals surface area contributed by atoms with Gasteiger partial charge in [-0.15, -0.1) is 11.3 Å². The van der Waals surface area contributed by atoms with Crippen molar-refractivity contribution in [1.82, 2.24) is 10.3 Å². The second-order valence-electron chi connectivity index (χ2n) is 4.32. The van der Waals surface area contributed by atoms with Gasteiger partial charge in [-0.2, -0.15) is 0 Å². The minimum absolute atomic E-state index is 0.190. The van der Waals surface area contributed by atoms with E-state index in [2.05, 4.69) is 12.3 Å². The number of thiophene rings is 1. The quantitative estimate of drug-likeness (QED) is 0.473. The van der Waals surface area contributed by atoms with Crippen LogP contribution in [0.2, 0.25) is 0 Å². The molecule has 0 bridgehead atoms. The van der Waals surface area contributed by atoms with Gasteiger partial charge in [0.25, 0.3) is 5.91 Å². The molecule has 0 aliphatic carbocycles. The predicted octanol–water partition coefficient (Wildman–Crippen LogP) is 0.720. The standard InChI is InChI=1S/C11H15N3O2S/c1-7-4-10(15)14(5-7)6-8-2-3-9(17-8)11(16)13-12/h2-3,7H,4-6,12H2,1H3,(H,13,16). The van der Waals surface area contributed by atoms with E-state index in [0.29, 0.717) is 23.8 Å². The molecule has 1 unspecified atom stereocenters. The van der Waals surface area contributed by atoms with Crippen LogP contribution in [-0.2, 0) is 11.3 Å². The van der Waals surface area contributed by atoms with E-state index in [1.165, 1.54) is 11.3 Å². The van der Waals surface area contributed by atoms with Crippen molar-refractivity contribution in [3.63, 3.8) is 0 Å². The lowest BCUT2D eigenvalue weighted by molar-refractivity contribution is -0.128. The minimum atomic E-state index is -0.289. The van der Waals surface area contributed by atoms with E-state index in [-0.39, 0.29) is 11.8 Å². The maximum absolute atomic E-state index is 11.6. The summed E-state index contributed by atoms with van der Waals surface area (Å²) < 4.78 is 0. The van der Waals surface area contributed by atoms with Crippen LogP contribution >= 0.6 is 11.3 Å². The first-order valence-electron chi connectivity index (χ1n) is 5.47. The van der Waals surface area contributed by atoms with Crippen molar-refractivity contribution in [2.75, 3.05) is 6.54 Å². The fourth-order valence-corrected chi connectivity index (χ4v) is 2.89. The van der Waals surface area contributed by atoms with Crippen LogP contribution in [0.5, 0.6) is 0 Å². The molecule has 1 saturated heterocycles. The Labute approximate surface area is 104 Å². The molecule has 6 heteroatoms. The van der Waals surface area contributed by atoms with Crippen LogP contribution in [0.3, 0.4) is 0 Å². The highest BCUT2D eigenvalue weighted by molar-refractivity contribution is 7.14. The molecular weight excluding hydrogens is 238 g/mol. The highest BCUT2D eigenvalue weighted by Crippen LogP contribution is 2.23. The number of hydrogen-bond acceptors (Lipinski definition) is 4. The summed E-state index contributed by atoms with van der Waals surface area (Å²) in [6, 6.07) is 3.59. The average molecular weight is 253 g/mol. The Morgan fingerprint density at radius 1 is 1.65 bits per heavy atom. The molecule has 5 nitrogen and oxygen atoms in total. The van der Waals surface area contributed by atoms with Gasteiger partial charge in [-0.25, -0.2) is 5.84 Å². The monoisotopic (exact) mass is 253 g/mol. The predicted molar refractivity (Wildman–Crippen MR) is 65.2 cm³/mol. The number of hydrogen-bond donors (Lipinski definition) is 2. The maximum atomic E-state index is 11.6. The van der Waals surface area contributed by atoms with Gasteiger partial charge in [0.2, 0.25) is 5.91 Å². The van der Waals surface area contributed by atoms with E-state index in [1.807, 2.05) is 11.0 Å². The zero-order valence-electron chi connectivity index (χ0n) is 9.60. The van der Waals surface area contributed by atoms with E-state index in [0.717, 1.165) is 11.4 Å². The van der Waals surface area contributed by atoms with Crippen LogP contribution in [0.4, 0.5) is 0 Å². The molecule has 2 rings (SSSR count).